The summed E-state index contributed by atoms with van der Waals surface area (Å²) >= 11 is 0. The molecule has 0 aliphatic rings. The molecule has 2 amide bonds. The molecule has 1 atom stereocenters. The molecule has 21 heavy (non-hydrogen) atoms. The van der Waals surface area contributed by atoms with Gasteiger partial charge in [0.05, 0.1) is 6.04 Å². The Morgan fingerprint density at radius 2 is 1.95 bits per heavy atom. The molecule has 0 aliphatic heterocycles. The van der Waals surface area contributed by atoms with Gasteiger partial charge in [0.25, 0.3) is 0 Å². The second-order valence-electron chi connectivity index (χ2n) is 5.05. The van der Waals surface area contributed by atoms with Gasteiger partial charge in [0.2, 0.25) is 0 Å². The molecule has 0 saturated heterocycles. The summed E-state index contributed by atoms with van der Waals surface area (Å²) in [5.74, 6) is 0. The lowest BCUT2D eigenvalue weighted by Gasteiger charge is -2.17. The number of aromatic nitrogens is 1. The lowest BCUT2D eigenvalue weighted by molar-refractivity contribution is 0.238. The third-order valence-corrected chi connectivity index (χ3v) is 3.40. The standard InChI is InChI=1S/C17H21N3O/c1-13-7-3-4-9-16(13)14(2)20-17(21)19-12-10-15-8-5-6-11-18-15/h3-9,11,14H,10,12H2,1-2H3,(H2,19,20,21). The van der Waals surface area contributed by atoms with Gasteiger partial charge in [-0.1, -0.05) is 30.3 Å². The summed E-state index contributed by atoms with van der Waals surface area (Å²) in [6.07, 6.45) is 2.49. The number of nitrogens with zero attached hydrogens (tertiary/aromatic N) is 1. The van der Waals surface area contributed by atoms with Crippen LogP contribution >= 0.6 is 0 Å². The van der Waals surface area contributed by atoms with Crippen LogP contribution in [-0.2, 0) is 6.42 Å². The average molecular weight is 283 g/mol. The van der Waals surface area contributed by atoms with Gasteiger partial charge in [0.1, 0.15) is 0 Å². The molecule has 1 aromatic carbocycles. The van der Waals surface area contributed by atoms with Crippen LogP contribution in [0.15, 0.2) is 48.7 Å². The monoisotopic (exact) mass is 283 g/mol. The molecule has 0 radical (unpaired) electrons. The highest BCUT2D eigenvalue weighted by Crippen LogP contribution is 2.16. The quantitative estimate of drug-likeness (QED) is 0.886. The fourth-order valence-corrected chi connectivity index (χ4v) is 2.25. The van der Waals surface area contributed by atoms with Gasteiger partial charge < -0.3 is 10.6 Å². The van der Waals surface area contributed by atoms with Crippen LogP contribution in [0, 0.1) is 6.92 Å². The second kappa shape index (κ2) is 7.43. The maximum Gasteiger partial charge on any atom is 0.315 e. The van der Waals surface area contributed by atoms with E-state index in [9.17, 15) is 4.79 Å². The highest BCUT2D eigenvalue weighted by Gasteiger charge is 2.10. The van der Waals surface area contributed by atoms with Crippen LogP contribution in [0.5, 0.6) is 0 Å². The van der Waals surface area contributed by atoms with Crippen molar-refractivity contribution in [1.29, 1.82) is 0 Å². The van der Waals surface area contributed by atoms with Crippen LogP contribution in [0.4, 0.5) is 4.79 Å². The van der Waals surface area contributed by atoms with E-state index in [-0.39, 0.29) is 12.1 Å². The fourth-order valence-electron chi connectivity index (χ4n) is 2.25. The Bertz CT molecular complexity index is 584. The Balaban J connectivity index is 1.78. The number of benzene rings is 1. The lowest BCUT2D eigenvalue weighted by atomic mass is 10.0. The summed E-state index contributed by atoms with van der Waals surface area (Å²) in [6.45, 7) is 4.61. The van der Waals surface area contributed by atoms with Gasteiger partial charge in [-0.05, 0) is 37.1 Å². The van der Waals surface area contributed by atoms with E-state index in [4.69, 9.17) is 0 Å². The van der Waals surface area contributed by atoms with Crippen LogP contribution in [0.1, 0.15) is 29.8 Å². The Labute approximate surface area is 125 Å². The van der Waals surface area contributed by atoms with Crippen LogP contribution < -0.4 is 10.6 Å². The maximum atomic E-state index is 11.9. The zero-order valence-electron chi connectivity index (χ0n) is 12.5. The molecular formula is C17H21N3O. The first-order valence-corrected chi connectivity index (χ1v) is 7.16. The van der Waals surface area contributed by atoms with Gasteiger partial charge in [-0.2, -0.15) is 0 Å². The molecule has 2 rings (SSSR count). The number of urea groups is 1. The van der Waals surface area contributed by atoms with Gasteiger partial charge in [0.15, 0.2) is 0 Å². The molecule has 0 saturated carbocycles. The molecule has 1 aromatic heterocycles. The van der Waals surface area contributed by atoms with E-state index in [1.54, 1.807) is 6.20 Å². The van der Waals surface area contributed by atoms with Crippen molar-refractivity contribution in [3.05, 3.63) is 65.5 Å². The molecule has 1 heterocycles. The van der Waals surface area contributed by atoms with Crippen LogP contribution in [0.2, 0.25) is 0 Å². The zero-order valence-corrected chi connectivity index (χ0v) is 12.5. The predicted molar refractivity (Wildman–Crippen MR) is 84.1 cm³/mol. The van der Waals surface area contributed by atoms with Crippen molar-refractivity contribution < 1.29 is 4.79 Å². The van der Waals surface area contributed by atoms with Crippen molar-refractivity contribution in [2.45, 2.75) is 26.3 Å². The number of nitrogens with one attached hydrogen (secondary N) is 2. The van der Waals surface area contributed by atoms with Crippen molar-refractivity contribution in [2.75, 3.05) is 6.54 Å². The molecule has 4 heteroatoms. The SMILES string of the molecule is Cc1ccccc1C(C)NC(=O)NCCc1ccccn1. The first kappa shape index (κ1) is 15.0. The molecular weight excluding hydrogens is 262 g/mol. The molecule has 0 aliphatic carbocycles. The van der Waals surface area contributed by atoms with Gasteiger partial charge >= 0.3 is 6.03 Å². The van der Waals surface area contributed by atoms with Gasteiger partial charge in [-0.15, -0.1) is 0 Å². The number of hydrogen-bond donors (Lipinski definition) is 2. The van der Waals surface area contributed by atoms with E-state index >= 15 is 0 Å². The summed E-state index contributed by atoms with van der Waals surface area (Å²) in [5.41, 5.74) is 3.29. The minimum Gasteiger partial charge on any atom is -0.338 e. The molecule has 2 aromatic rings. The molecule has 1 unspecified atom stereocenters. The molecule has 0 bridgehead atoms. The normalized spacial score (nSPS) is 11.7. The number of carbonyl (C=O) groups excluding carboxylic acids is 1. The number of carbonyl (C=O) groups is 1. The van der Waals surface area contributed by atoms with E-state index in [0.717, 1.165) is 17.7 Å². The third kappa shape index (κ3) is 4.60. The fraction of sp³-hybridized carbons (Fsp3) is 0.294. The average Bonchev–Trinajstić information content (AvgIpc) is 2.48. The summed E-state index contributed by atoms with van der Waals surface area (Å²) in [4.78, 5) is 16.1. The van der Waals surface area contributed by atoms with E-state index in [1.807, 2.05) is 56.3 Å². The molecule has 2 N–H and O–H groups in total. The minimum atomic E-state index is -0.151. The largest absolute Gasteiger partial charge is 0.338 e. The van der Waals surface area contributed by atoms with Crippen molar-refractivity contribution in [1.82, 2.24) is 15.6 Å². The Morgan fingerprint density at radius 1 is 1.19 bits per heavy atom. The van der Waals surface area contributed by atoms with Gasteiger partial charge in [-0.3, -0.25) is 4.98 Å². The summed E-state index contributed by atoms with van der Waals surface area (Å²) in [5, 5.41) is 5.81. The third-order valence-electron chi connectivity index (χ3n) is 3.40. The zero-order chi connectivity index (χ0) is 15.1. The van der Waals surface area contributed by atoms with Crippen LogP contribution in [-0.4, -0.2) is 17.6 Å². The Hall–Kier alpha value is -2.36. The Morgan fingerprint density at radius 3 is 2.67 bits per heavy atom. The first-order valence-electron chi connectivity index (χ1n) is 7.16. The van der Waals surface area contributed by atoms with E-state index in [1.165, 1.54) is 5.56 Å². The maximum absolute atomic E-state index is 11.9. The summed E-state index contributed by atoms with van der Waals surface area (Å²) in [6, 6.07) is 13.7. The highest BCUT2D eigenvalue weighted by atomic mass is 16.2. The summed E-state index contributed by atoms with van der Waals surface area (Å²) in [7, 11) is 0. The molecule has 4 nitrogen and oxygen atoms in total. The van der Waals surface area contributed by atoms with Crippen molar-refractivity contribution in [3.63, 3.8) is 0 Å². The number of pyridine rings is 1. The highest BCUT2D eigenvalue weighted by molar-refractivity contribution is 5.74. The smallest absolute Gasteiger partial charge is 0.315 e. The van der Waals surface area contributed by atoms with E-state index in [0.29, 0.717) is 6.54 Å². The minimum absolute atomic E-state index is 0.0129. The number of amides is 2. The molecule has 0 spiro atoms. The second-order valence-corrected chi connectivity index (χ2v) is 5.05. The predicted octanol–water partition coefficient (Wildman–Crippen LogP) is 2.99. The van der Waals surface area contributed by atoms with Crippen LogP contribution in [0.25, 0.3) is 0 Å². The summed E-state index contributed by atoms with van der Waals surface area (Å²) < 4.78 is 0. The first-order chi connectivity index (χ1) is 10.2. The number of aryl methyl sites for hydroxylation is 1. The molecule has 110 valence electrons. The van der Waals surface area contributed by atoms with Crippen molar-refractivity contribution in [2.24, 2.45) is 0 Å². The van der Waals surface area contributed by atoms with Gasteiger partial charge in [-0.25, -0.2) is 4.79 Å². The Kier molecular flexibility index (Phi) is 5.32. The van der Waals surface area contributed by atoms with E-state index < -0.39 is 0 Å². The topological polar surface area (TPSA) is 54.0 Å². The van der Waals surface area contributed by atoms with E-state index in [2.05, 4.69) is 15.6 Å². The lowest BCUT2D eigenvalue weighted by Crippen LogP contribution is -2.38. The van der Waals surface area contributed by atoms with Crippen molar-refractivity contribution in [3.8, 4) is 0 Å². The molecule has 0 fully saturated rings. The number of hydrogen-bond acceptors (Lipinski definition) is 2. The van der Waals surface area contributed by atoms with Gasteiger partial charge in [0, 0.05) is 24.9 Å². The van der Waals surface area contributed by atoms with Crippen molar-refractivity contribution >= 4 is 6.03 Å². The number of rotatable bonds is 5. The van der Waals surface area contributed by atoms with Crippen LogP contribution in [0.3, 0.4) is 0 Å².